The van der Waals surface area contributed by atoms with Gasteiger partial charge in [-0.05, 0) is 25.5 Å². The molecule has 3 amide bonds. The quantitative estimate of drug-likeness (QED) is 0.467. The third kappa shape index (κ3) is 3.26. The molecule has 128 valence electrons. The van der Waals surface area contributed by atoms with Crippen LogP contribution >= 0.6 is 11.6 Å². The van der Waals surface area contributed by atoms with Gasteiger partial charge in [-0.2, -0.15) is 0 Å². The van der Waals surface area contributed by atoms with Gasteiger partial charge in [-0.1, -0.05) is 12.1 Å². The number of methoxy groups -OCH3 is 1. The van der Waals surface area contributed by atoms with Crippen molar-refractivity contribution in [3.63, 3.8) is 0 Å². The van der Waals surface area contributed by atoms with Gasteiger partial charge in [-0.3, -0.25) is 19.3 Å². The highest BCUT2D eigenvalue weighted by Crippen LogP contribution is 2.25. The molecule has 1 aliphatic rings. The maximum atomic E-state index is 12.5. The number of esters is 1. The summed E-state index contributed by atoms with van der Waals surface area (Å²) in [7, 11) is 1.20. The Kier molecular flexibility index (Phi) is 5.56. The highest BCUT2D eigenvalue weighted by atomic mass is 35.5. The number of nitrogens with one attached hydrogen (secondary N) is 1. The number of rotatable bonds is 6. The average Bonchev–Trinajstić information content (AvgIpc) is 2.83. The number of hydrogen-bond acceptors (Lipinski definition) is 5. The second kappa shape index (κ2) is 7.44. The van der Waals surface area contributed by atoms with Crippen LogP contribution in [0.1, 0.15) is 34.1 Å². The van der Waals surface area contributed by atoms with E-state index in [1.54, 1.807) is 12.1 Å². The monoisotopic (exact) mass is 352 g/mol. The molecule has 0 radical (unpaired) electrons. The Labute approximate surface area is 143 Å². The highest BCUT2D eigenvalue weighted by Gasteiger charge is 2.42. The number of nitrogens with zero attached hydrogens (tertiary/aromatic N) is 1. The molecule has 7 nitrogen and oxygen atoms in total. The first-order chi connectivity index (χ1) is 11.4. The molecule has 1 N–H and O–H groups in total. The number of amides is 3. The second-order valence-corrected chi connectivity index (χ2v) is 5.65. The van der Waals surface area contributed by atoms with Crippen LogP contribution in [0.15, 0.2) is 24.3 Å². The molecule has 1 aromatic carbocycles. The molecule has 0 spiro atoms. The molecule has 2 rings (SSSR count). The van der Waals surface area contributed by atoms with Crippen LogP contribution in [0.5, 0.6) is 0 Å². The Morgan fingerprint density at radius 2 is 1.75 bits per heavy atom. The lowest BCUT2D eigenvalue weighted by molar-refractivity contribution is -0.145. The van der Waals surface area contributed by atoms with E-state index in [1.165, 1.54) is 26.2 Å². The Balaban J connectivity index is 2.25. The molecule has 0 bridgehead atoms. The fourth-order valence-corrected chi connectivity index (χ4v) is 2.72. The van der Waals surface area contributed by atoms with E-state index >= 15 is 0 Å². The number of carbonyl (C=O) groups is 4. The molecule has 0 saturated carbocycles. The summed E-state index contributed by atoms with van der Waals surface area (Å²) >= 11 is 5.73. The number of ether oxygens (including phenoxy) is 1. The van der Waals surface area contributed by atoms with Crippen molar-refractivity contribution in [1.29, 1.82) is 0 Å². The van der Waals surface area contributed by atoms with Crippen molar-refractivity contribution in [1.82, 2.24) is 10.2 Å². The zero-order valence-corrected chi connectivity index (χ0v) is 14.0. The Bertz CT molecular complexity index is 656. The third-order valence-electron chi connectivity index (χ3n) is 3.74. The normalized spacial score (nSPS) is 15.7. The van der Waals surface area contributed by atoms with E-state index in [4.69, 9.17) is 11.6 Å². The van der Waals surface area contributed by atoms with Gasteiger partial charge in [0.1, 0.15) is 12.1 Å². The number of hydrogen-bond donors (Lipinski definition) is 1. The van der Waals surface area contributed by atoms with Gasteiger partial charge < -0.3 is 10.1 Å². The van der Waals surface area contributed by atoms with Crippen molar-refractivity contribution in [2.45, 2.75) is 25.4 Å². The lowest BCUT2D eigenvalue weighted by Crippen LogP contribution is -2.53. The molecule has 0 aromatic heterocycles. The van der Waals surface area contributed by atoms with Gasteiger partial charge in [0.2, 0.25) is 5.91 Å². The van der Waals surface area contributed by atoms with Crippen LogP contribution in [0.2, 0.25) is 0 Å². The molecule has 0 aliphatic carbocycles. The van der Waals surface area contributed by atoms with Crippen molar-refractivity contribution in [2.75, 3.05) is 13.0 Å². The molecule has 24 heavy (non-hydrogen) atoms. The predicted molar refractivity (Wildman–Crippen MR) is 85.7 cm³/mol. The molecule has 1 heterocycles. The van der Waals surface area contributed by atoms with E-state index in [-0.39, 0.29) is 23.4 Å². The van der Waals surface area contributed by atoms with Crippen LogP contribution in [0.4, 0.5) is 0 Å². The summed E-state index contributed by atoms with van der Waals surface area (Å²) in [6.45, 7) is 1.45. The molecule has 2 atom stereocenters. The van der Waals surface area contributed by atoms with Crippen molar-refractivity contribution in [3.05, 3.63) is 35.4 Å². The molecular formula is C16H17ClN2O5. The van der Waals surface area contributed by atoms with Crippen LogP contribution in [0.3, 0.4) is 0 Å². The zero-order chi connectivity index (χ0) is 17.9. The molecule has 8 heteroatoms. The summed E-state index contributed by atoms with van der Waals surface area (Å²) in [6, 6.07) is 4.34. The van der Waals surface area contributed by atoms with Crippen molar-refractivity contribution < 1.29 is 23.9 Å². The first-order valence-electron chi connectivity index (χ1n) is 7.33. The van der Waals surface area contributed by atoms with E-state index in [0.29, 0.717) is 0 Å². The zero-order valence-electron chi connectivity index (χ0n) is 13.2. The summed E-state index contributed by atoms with van der Waals surface area (Å²) in [4.78, 5) is 49.8. The summed E-state index contributed by atoms with van der Waals surface area (Å²) < 4.78 is 4.54. The Hall–Kier alpha value is -2.41. The molecular weight excluding hydrogens is 336 g/mol. The first kappa shape index (κ1) is 17.9. The summed E-state index contributed by atoms with van der Waals surface area (Å²) in [5.41, 5.74) is 0.492. The van der Waals surface area contributed by atoms with Gasteiger partial charge in [-0.25, -0.2) is 4.79 Å². The lowest BCUT2D eigenvalue weighted by Gasteiger charge is -2.25. The van der Waals surface area contributed by atoms with Gasteiger partial charge in [0.15, 0.2) is 0 Å². The maximum Gasteiger partial charge on any atom is 0.328 e. The fourth-order valence-electron chi connectivity index (χ4n) is 2.52. The van der Waals surface area contributed by atoms with Crippen LogP contribution in [0.25, 0.3) is 0 Å². The number of imide groups is 1. The van der Waals surface area contributed by atoms with E-state index in [2.05, 4.69) is 10.1 Å². The van der Waals surface area contributed by atoms with Gasteiger partial charge in [-0.15, -0.1) is 11.6 Å². The fraction of sp³-hybridized carbons (Fsp3) is 0.375. The van der Waals surface area contributed by atoms with Crippen molar-refractivity contribution in [2.24, 2.45) is 0 Å². The lowest BCUT2D eigenvalue weighted by atomic mass is 10.1. The van der Waals surface area contributed by atoms with E-state index < -0.39 is 35.8 Å². The van der Waals surface area contributed by atoms with Crippen molar-refractivity contribution in [3.8, 4) is 0 Å². The minimum absolute atomic E-state index is 0.0676. The van der Waals surface area contributed by atoms with Crippen molar-refractivity contribution >= 4 is 35.3 Å². The SMILES string of the molecule is COC(=O)[C@H](C)NC(=O)[C@H](CCCl)N1C(=O)c2ccccc2C1=O. The minimum Gasteiger partial charge on any atom is -0.467 e. The number of halogens is 1. The van der Waals surface area contributed by atoms with Crippen LogP contribution in [0, 0.1) is 0 Å². The van der Waals surface area contributed by atoms with Gasteiger partial charge in [0.05, 0.1) is 18.2 Å². The summed E-state index contributed by atoms with van der Waals surface area (Å²) in [6.07, 6.45) is 0.0761. The van der Waals surface area contributed by atoms with Gasteiger partial charge in [0, 0.05) is 5.88 Å². The highest BCUT2D eigenvalue weighted by molar-refractivity contribution is 6.23. The molecule has 1 aliphatic heterocycles. The Morgan fingerprint density at radius 3 is 2.21 bits per heavy atom. The number of benzene rings is 1. The van der Waals surface area contributed by atoms with Crippen LogP contribution < -0.4 is 5.32 Å². The maximum absolute atomic E-state index is 12.5. The summed E-state index contributed by atoms with van der Waals surface area (Å²) in [5, 5.41) is 2.44. The van der Waals surface area contributed by atoms with Crippen LogP contribution in [-0.4, -0.2) is 53.7 Å². The topological polar surface area (TPSA) is 92.8 Å². The van der Waals surface area contributed by atoms with E-state index in [9.17, 15) is 19.2 Å². The average molecular weight is 353 g/mol. The number of alkyl halides is 1. The molecule has 1 aromatic rings. The number of fused-ring (bicyclic) bond motifs is 1. The standard InChI is InChI=1S/C16H17ClN2O5/c1-9(16(23)24-2)18-13(20)12(7-8-17)19-14(21)10-5-3-4-6-11(10)15(19)22/h3-6,9,12H,7-8H2,1-2H3,(H,18,20)/t9-,12-/m0/s1. The van der Waals surface area contributed by atoms with E-state index in [1.807, 2.05) is 0 Å². The third-order valence-corrected chi connectivity index (χ3v) is 3.95. The van der Waals surface area contributed by atoms with E-state index in [0.717, 1.165) is 4.90 Å². The smallest absolute Gasteiger partial charge is 0.328 e. The first-order valence-corrected chi connectivity index (χ1v) is 7.87. The molecule has 0 fully saturated rings. The summed E-state index contributed by atoms with van der Waals surface area (Å²) in [5.74, 6) is -2.30. The van der Waals surface area contributed by atoms with Crippen LogP contribution in [-0.2, 0) is 14.3 Å². The largest absolute Gasteiger partial charge is 0.467 e. The molecule has 0 unspecified atom stereocenters. The van der Waals surface area contributed by atoms with Gasteiger partial charge in [0.25, 0.3) is 11.8 Å². The van der Waals surface area contributed by atoms with Gasteiger partial charge >= 0.3 is 5.97 Å². The second-order valence-electron chi connectivity index (χ2n) is 5.27. The molecule has 0 saturated heterocycles. The Morgan fingerprint density at radius 1 is 1.21 bits per heavy atom. The number of carbonyl (C=O) groups excluding carboxylic acids is 4. The minimum atomic E-state index is -1.10. The predicted octanol–water partition coefficient (Wildman–Crippen LogP) is 0.958.